The third-order valence-corrected chi connectivity index (χ3v) is 6.76. The standard InChI is InChI=1S/C30H57NO7/c1-6-8-10-12-14-16-18-20-28(32)37-25-26(24-36-23-22-27(30(34)35)31(3,4)5)38-29(33)21-19-17-15-13-11-9-7-2/h26-27H,6-25H2,1-5H3/p+1. The highest BCUT2D eigenvalue weighted by Crippen LogP contribution is 2.12. The monoisotopic (exact) mass is 544 g/mol. The van der Waals surface area contributed by atoms with Crippen LogP contribution in [0, 0.1) is 0 Å². The van der Waals surface area contributed by atoms with Crippen molar-refractivity contribution < 1.29 is 38.2 Å². The van der Waals surface area contributed by atoms with Gasteiger partial charge in [-0.3, -0.25) is 9.59 Å². The van der Waals surface area contributed by atoms with Crippen LogP contribution in [0.1, 0.15) is 123 Å². The van der Waals surface area contributed by atoms with E-state index in [-0.39, 0.29) is 36.2 Å². The molecule has 0 radical (unpaired) electrons. The molecule has 8 nitrogen and oxygen atoms in total. The molecule has 0 amide bonds. The summed E-state index contributed by atoms with van der Waals surface area (Å²) in [5, 5.41) is 9.49. The average Bonchev–Trinajstić information content (AvgIpc) is 2.84. The first kappa shape index (κ1) is 36.3. The number of hydrogen-bond donors (Lipinski definition) is 1. The van der Waals surface area contributed by atoms with E-state index in [0.717, 1.165) is 38.5 Å². The highest BCUT2D eigenvalue weighted by molar-refractivity contribution is 5.72. The Bertz CT molecular complexity index is 618. The molecule has 8 heteroatoms. The first-order valence-electron chi connectivity index (χ1n) is 15.1. The number of aliphatic carboxylic acids is 1. The van der Waals surface area contributed by atoms with Crippen LogP contribution < -0.4 is 0 Å². The van der Waals surface area contributed by atoms with Crippen LogP contribution >= 0.6 is 0 Å². The fourth-order valence-electron chi connectivity index (χ4n) is 4.32. The Labute approximate surface area is 232 Å². The second-order valence-electron chi connectivity index (χ2n) is 11.4. The molecular weight excluding hydrogens is 486 g/mol. The number of esters is 2. The summed E-state index contributed by atoms with van der Waals surface area (Å²) in [5.41, 5.74) is 0. The molecule has 1 N–H and O–H groups in total. The summed E-state index contributed by atoms with van der Waals surface area (Å²) in [4.78, 5) is 36.2. The molecular formula is C30H58NO7+. The van der Waals surface area contributed by atoms with Gasteiger partial charge in [-0.2, -0.15) is 0 Å². The lowest BCUT2D eigenvalue weighted by Crippen LogP contribution is -2.50. The molecule has 2 atom stereocenters. The molecule has 0 aliphatic rings. The molecule has 0 aromatic heterocycles. The lowest BCUT2D eigenvalue weighted by Gasteiger charge is -2.31. The predicted octanol–water partition coefficient (Wildman–Crippen LogP) is 6.29. The molecule has 0 bridgehead atoms. The third kappa shape index (κ3) is 21.3. The van der Waals surface area contributed by atoms with Crippen LogP contribution in [-0.4, -0.2) is 80.6 Å². The smallest absolute Gasteiger partial charge is 0.362 e. The van der Waals surface area contributed by atoms with Gasteiger partial charge in [-0.25, -0.2) is 4.79 Å². The molecule has 0 aromatic carbocycles. The van der Waals surface area contributed by atoms with Gasteiger partial charge in [-0.05, 0) is 12.8 Å². The summed E-state index contributed by atoms with van der Waals surface area (Å²) >= 11 is 0. The van der Waals surface area contributed by atoms with Gasteiger partial charge in [-0.15, -0.1) is 0 Å². The minimum Gasteiger partial charge on any atom is -0.477 e. The Morgan fingerprint density at radius 3 is 1.63 bits per heavy atom. The molecule has 0 aliphatic carbocycles. The number of hydrogen-bond acceptors (Lipinski definition) is 6. The fourth-order valence-corrected chi connectivity index (χ4v) is 4.32. The topological polar surface area (TPSA) is 99.1 Å². The van der Waals surface area contributed by atoms with Crippen molar-refractivity contribution in [2.75, 3.05) is 41.0 Å². The SMILES string of the molecule is CCCCCCCCCC(=O)OCC(COCCC(C(=O)O)[N+](C)(C)C)OC(=O)CCCCCCCCC. The van der Waals surface area contributed by atoms with Gasteiger partial charge >= 0.3 is 17.9 Å². The molecule has 0 aliphatic heterocycles. The Morgan fingerprint density at radius 2 is 1.16 bits per heavy atom. The number of unbranched alkanes of at least 4 members (excludes halogenated alkanes) is 12. The van der Waals surface area contributed by atoms with Gasteiger partial charge in [0.1, 0.15) is 6.61 Å². The molecule has 0 spiro atoms. The van der Waals surface area contributed by atoms with Gasteiger partial charge in [0.25, 0.3) is 0 Å². The second-order valence-corrected chi connectivity index (χ2v) is 11.4. The lowest BCUT2D eigenvalue weighted by atomic mass is 10.1. The van der Waals surface area contributed by atoms with Crippen molar-refractivity contribution in [2.45, 2.75) is 135 Å². The maximum Gasteiger partial charge on any atom is 0.362 e. The van der Waals surface area contributed by atoms with Crippen molar-refractivity contribution in [1.29, 1.82) is 0 Å². The van der Waals surface area contributed by atoms with Crippen molar-refractivity contribution in [1.82, 2.24) is 0 Å². The van der Waals surface area contributed by atoms with E-state index in [1.807, 2.05) is 21.1 Å². The number of ether oxygens (including phenoxy) is 3. The number of rotatable bonds is 26. The number of likely N-dealkylation sites (N-methyl/N-ethyl adjacent to an activating group) is 1. The molecule has 0 saturated heterocycles. The highest BCUT2D eigenvalue weighted by Gasteiger charge is 2.31. The summed E-state index contributed by atoms with van der Waals surface area (Å²) < 4.78 is 17.0. The van der Waals surface area contributed by atoms with E-state index in [4.69, 9.17) is 14.2 Å². The van der Waals surface area contributed by atoms with Gasteiger partial charge in [0, 0.05) is 19.3 Å². The van der Waals surface area contributed by atoms with Gasteiger partial charge in [0.2, 0.25) is 0 Å². The minimum atomic E-state index is -0.877. The van der Waals surface area contributed by atoms with E-state index < -0.39 is 18.1 Å². The zero-order valence-corrected chi connectivity index (χ0v) is 25.1. The highest BCUT2D eigenvalue weighted by atomic mass is 16.6. The van der Waals surface area contributed by atoms with Gasteiger partial charge in [0.15, 0.2) is 12.1 Å². The lowest BCUT2D eigenvalue weighted by molar-refractivity contribution is -0.887. The molecule has 2 unspecified atom stereocenters. The van der Waals surface area contributed by atoms with Crippen LogP contribution in [0.15, 0.2) is 0 Å². The molecule has 0 aromatic rings. The average molecular weight is 545 g/mol. The predicted molar refractivity (Wildman–Crippen MR) is 151 cm³/mol. The zero-order valence-electron chi connectivity index (χ0n) is 25.1. The van der Waals surface area contributed by atoms with Crippen molar-refractivity contribution in [3.63, 3.8) is 0 Å². The maximum absolute atomic E-state index is 12.4. The van der Waals surface area contributed by atoms with Gasteiger partial charge < -0.3 is 23.8 Å². The van der Waals surface area contributed by atoms with Crippen LogP contribution in [0.2, 0.25) is 0 Å². The minimum absolute atomic E-state index is 0.0458. The number of nitrogens with zero attached hydrogens (tertiary/aromatic N) is 1. The molecule has 38 heavy (non-hydrogen) atoms. The number of carbonyl (C=O) groups excluding carboxylic acids is 2. The van der Waals surface area contributed by atoms with Crippen LogP contribution in [-0.2, 0) is 28.6 Å². The fraction of sp³-hybridized carbons (Fsp3) is 0.900. The first-order valence-corrected chi connectivity index (χ1v) is 15.1. The number of carboxylic acids is 1. The van der Waals surface area contributed by atoms with Crippen molar-refractivity contribution in [2.24, 2.45) is 0 Å². The Balaban J connectivity index is 4.53. The van der Waals surface area contributed by atoms with E-state index in [0.29, 0.717) is 19.3 Å². The summed E-state index contributed by atoms with van der Waals surface area (Å²) in [5.74, 6) is -1.48. The Kier molecular flexibility index (Phi) is 22.2. The third-order valence-electron chi connectivity index (χ3n) is 6.76. The quantitative estimate of drug-likeness (QED) is 0.0776. The van der Waals surface area contributed by atoms with Crippen LogP contribution in [0.3, 0.4) is 0 Å². The summed E-state index contributed by atoms with van der Waals surface area (Å²) in [6.07, 6.45) is 16.0. The van der Waals surface area contributed by atoms with Crippen LogP contribution in [0.25, 0.3) is 0 Å². The van der Waals surface area contributed by atoms with Gasteiger partial charge in [-0.1, -0.05) is 90.9 Å². The van der Waals surface area contributed by atoms with Crippen molar-refractivity contribution in [3.8, 4) is 0 Å². The first-order chi connectivity index (χ1) is 18.1. The van der Waals surface area contributed by atoms with E-state index >= 15 is 0 Å². The summed E-state index contributed by atoms with van der Waals surface area (Å²) in [7, 11) is 5.49. The zero-order chi connectivity index (χ0) is 28.7. The van der Waals surface area contributed by atoms with Crippen molar-refractivity contribution in [3.05, 3.63) is 0 Å². The molecule has 0 fully saturated rings. The molecule has 224 valence electrons. The number of carboxylic acid groups (broad SMARTS) is 1. The van der Waals surface area contributed by atoms with Crippen LogP contribution in [0.4, 0.5) is 0 Å². The van der Waals surface area contributed by atoms with E-state index in [1.54, 1.807) is 0 Å². The Morgan fingerprint density at radius 1 is 0.684 bits per heavy atom. The summed E-state index contributed by atoms with van der Waals surface area (Å²) in [6.45, 7) is 4.62. The number of carbonyl (C=O) groups is 3. The van der Waals surface area contributed by atoms with E-state index in [9.17, 15) is 19.5 Å². The van der Waals surface area contributed by atoms with Crippen molar-refractivity contribution >= 4 is 17.9 Å². The van der Waals surface area contributed by atoms with Crippen LogP contribution in [0.5, 0.6) is 0 Å². The van der Waals surface area contributed by atoms with E-state index in [2.05, 4.69) is 13.8 Å². The largest absolute Gasteiger partial charge is 0.477 e. The molecule has 0 rings (SSSR count). The maximum atomic E-state index is 12.4. The molecule has 0 saturated carbocycles. The summed E-state index contributed by atoms with van der Waals surface area (Å²) in [6, 6.07) is -0.604. The second kappa shape index (κ2) is 23.2. The van der Waals surface area contributed by atoms with E-state index in [1.165, 1.54) is 51.4 Å². The van der Waals surface area contributed by atoms with Gasteiger partial charge in [0.05, 0.1) is 34.4 Å². The number of quaternary nitrogens is 1. The normalized spacial score (nSPS) is 13.2. The molecule has 0 heterocycles. The Hall–Kier alpha value is -1.67.